The minimum Gasteiger partial charge on any atom is -0.489 e. The maximum absolute atomic E-state index is 12.4. The van der Waals surface area contributed by atoms with Gasteiger partial charge in [0.05, 0.1) is 10.6 Å². The smallest absolute Gasteiger partial charge is 0.264 e. The number of amidine groups is 1. The number of ether oxygens (including phenoxy) is 1. The zero-order valence-electron chi connectivity index (χ0n) is 17.2. The summed E-state index contributed by atoms with van der Waals surface area (Å²) in [5.41, 5.74) is 4.99. The number of halogens is 1. The Labute approximate surface area is 191 Å². The van der Waals surface area contributed by atoms with Crippen molar-refractivity contribution >= 4 is 46.2 Å². The van der Waals surface area contributed by atoms with E-state index in [0.717, 1.165) is 28.1 Å². The minimum atomic E-state index is -0.145. The summed E-state index contributed by atoms with van der Waals surface area (Å²) in [4.78, 5) is 17.6. The largest absolute Gasteiger partial charge is 0.489 e. The maximum Gasteiger partial charge on any atom is 0.264 e. The van der Waals surface area contributed by atoms with Crippen LogP contribution in [0.4, 0.5) is 5.69 Å². The summed E-state index contributed by atoms with van der Waals surface area (Å²) >= 11 is 7.51. The Morgan fingerprint density at radius 1 is 1.03 bits per heavy atom. The molecule has 6 heteroatoms. The van der Waals surface area contributed by atoms with Crippen molar-refractivity contribution in [3.63, 3.8) is 0 Å². The van der Waals surface area contributed by atoms with Gasteiger partial charge in [-0.2, -0.15) is 0 Å². The molecule has 1 aliphatic heterocycles. The van der Waals surface area contributed by atoms with Gasteiger partial charge in [0.1, 0.15) is 12.4 Å². The highest BCUT2D eigenvalue weighted by Gasteiger charge is 2.24. The van der Waals surface area contributed by atoms with Crippen LogP contribution in [0.5, 0.6) is 5.75 Å². The predicted molar refractivity (Wildman–Crippen MR) is 129 cm³/mol. The number of thioether (sulfide) groups is 1. The Bertz CT molecular complexity index is 1190. The summed E-state index contributed by atoms with van der Waals surface area (Å²) < 4.78 is 5.81. The molecule has 4 nitrogen and oxygen atoms in total. The van der Waals surface area contributed by atoms with Crippen LogP contribution in [0.1, 0.15) is 22.3 Å². The van der Waals surface area contributed by atoms with E-state index in [9.17, 15) is 4.79 Å². The third-order valence-electron chi connectivity index (χ3n) is 4.98. The molecule has 0 atom stereocenters. The molecule has 0 saturated carbocycles. The van der Waals surface area contributed by atoms with Gasteiger partial charge in [0.2, 0.25) is 0 Å². The number of carbonyl (C=O) groups excluding carboxylic acids is 1. The zero-order chi connectivity index (χ0) is 21.8. The highest BCUT2D eigenvalue weighted by Crippen LogP contribution is 2.30. The summed E-state index contributed by atoms with van der Waals surface area (Å²) in [5, 5.41) is 4.12. The molecule has 0 aromatic heterocycles. The average Bonchev–Trinajstić information content (AvgIpc) is 3.10. The SMILES string of the molecule is Cc1cccc(N=C2NC(=O)/C(=C/c3ccc(OCc4ccccc4Cl)cc3)S2)c1C. The van der Waals surface area contributed by atoms with Gasteiger partial charge < -0.3 is 10.1 Å². The fourth-order valence-electron chi connectivity index (χ4n) is 3.03. The molecule has 3 aromatic carbocycles. The lowest BCUT2D eigenvalue weighted by Gasteiger charge is -2.08. The van der Waals surface area contributed by atoms with Crippen LogP contribution >= 0.6 is 23.4 Å². The van der Waals surface area contributed by atoms with Gasteiger partial charge in [-0.3, -0.25) is 4.79 Å². The molecule has 3 aromatic rings. The molecule has 31 heavy (non-hydrogen) atoms. The lowest BCUT2D eigenvalue weighted by atomic mass is 10.1. The minimum absolute atomic E-state index is 0.145. The van der Waals surface area contributed by atoms with Gasteiger partial charge in [-0.15, -0.1) is 0 Å². The van der Waals surface area contributed by atoms with E-state index in [2.05, 4.69) is 10.3 Å². The topological polar surface area (TPSA) is 50.7 Å². The van der Waals surface area contributed by atoms with Gasteiger partial charge in [-0.1, -0.05) is 54.1 Å². The van der Waals surface area contributed by atoms with Gasteiger partial charge in [-0.25, -0.2) is 4.99 Å². The molecule has 1 heterocycles. The second-order valence-electron chi connectivity index (χ2n) is 7.15. The third-order valence-corrected chi connectivity index (χ3v) is 6.26. The molecule has 0 spiro atoms. The average molecular weight is 449 g/mol. The van der Waals surface area contributed by atoms with E-state index in [4.69, 9.17) is 16.3 Å². The van der Waals surface area contributed by atoms with Crippen LogP contribution in [0.15, 0.2) is 76.6 Å². The molecule has 0 aliphatic carbocycles. The molecule has 0 unspecified atom stereocenters. The van der Waals surface area contributed by atoms with Crippen LogP contribution < -0.4 is 10.1 Å². The number of benzene rings is 3. The van der Waals surface area contributed by atoms with Crippen molar-refractivity contribution < 1.29 is 9.53 Å². The Balaban J connectivity index is 1.44. The first-order valence-corrected chi connectivity index (χ1v) is 11.0. The normalized spacial score (nSPS) is 16.0. The Morgan fingerprint density at radius 2 is 1.81 bits per heavy atom. The first-order valence-electron chi connectivity index (χ1n) is 9.82. The highest BCUT2D eigenvalue weighted by atomic mass is 35.5. The third kappa shape index (κ3) is 5.19. The van der Waals surface area contributed by atoms with Crippen molar-refractivity contribution in [3.05, 3.63) is 98.9 Å². The van der Waals surface area contributed by atoms with Crippen LogP contribution in [0, 0.1) is 13.8 Å². The zero-order valence-corrected chi connectivity index (χ0v) is 18.8. The number of carbonyl (C=O) groups is 1. The quantitative estimate of drug-likeness (QED) is 0.457. The van der Waals surface area contributed by atoms with Gasteiger partial charge in [0, 0.05) is 10.6 Å². The van der Waals surface area contributed by atoms with E-state index in [1.807, 2.05) is 86.7 Å². The van der Waals surface area contributed by atoms with E-state index in [1.54, 1.807) is 0 Å². The van der Waals surface area contributed by atoms with Gasteiger partial charge in [-0.05, 0) is 72.6 Å². The van der Waals surface area contributed by atoms with Crippen LogP contribution in [0.25, 0.3) is 6.08 Å². The molecule has 4 rings (SSSR count). The monoisotopic (exact) mass is 448 g/mol. The van der Waals surface area contributed by atoms with Gasteiger partial charge in [0.15, 0.2) is 5.17 Å². The number of rotatable bonds is 5. The molecule has 156 valence electrons. The van der Waals surface area contributed by atoms with E-state index in [-0.39, 0.29) is 5.91 Å². The van der Waals surface area contributed by atoms with Crippen molar-refractivity contribution in [2.24, 2.45) is 4.99 Å². The summed E-state index contributed by atoms with van der Waals surface area (Å²) in [6.45, 7) is 4.48. The standard InChI is InChI=1S/C25H21ClN2O2S/c1-16-6-5-9-22(17(16)2)27-25-28-24(29)23(31-25)14-18-10-12-20(13-11-18)30-15-19-7-3-4-8-21(19)26/h3-14H,15H2,1-2H3,(H,27,28,29)/b23-14-. The lowest BCUT2D eigenvalue weighted by Crippen LogP contribution is -2.19. The van der Waals surface area contributed by atoms with Crippen LogP contribution in [0.2, 0.25) is 5.02 Å². The Morgan fingerprint density at radius 3 is 2.58 bits per heavy atom. The number of nitrogens with one attached hydrogen (secondary N) is 1. The first kappa shape index (κ1) is 21.2. The second kappa shape index (κ2) is 9.41. The number of aryl methyl sites for hydroxylation is 1. The number of hydrogen-bond acceptors (Lipinski definition) is 4. The fraction of sp³-hybridized carbons (Fsp3) is 0.120. The van der Waals surface area contributed by atoms with Crippen molar-refractivity contribution in [2.45, 2.75) is 20.5 Å². The van der Waals surface area contributed by atoms with Crippen molar-refractivity contribution in [1.29, 1.82) is 0 Å². The first-order chi connectivity index (χ1) is 15.0. The van der Waals surface area contributed by atoms with E-state index in [1.165, 1.54) is 17.3 Å². The molecule has 0 radical (unpaired) electrons. The summed E-state index contributed by atoms with van der Waals surface area (Å²) in [7, 11) is 0. The molecule has 1 aliphatic rings. The predicted octanol–water partition coefficient (Wildman–Crippen LogP) is 6.43. The summed E-state index contributed by atoms with van der Waals surface area (Å²) in [5.74, 6) is 0.593. The van der Waals surface area contributed by atoms with Crippen LogP contribution in [0.3, 0.4) is 0 Å². The van der Waals surface area contributed by atoms with Gasteiger partial charge >= 0.3 is 0 Å². The maximum atomic E-state index is 12.4. The van der Waals surface area contributed by atoms with Crippen molar-refractivity contribution in [3.8, 4) is 5.75 Å². The molecule has 1 N–H and O–H groups in total. The van der Waals surface area contributed by atoms with Crippen LogP contribution in [-0.2, 0) is 11.4 Å². The second-order valence-corrected chi connectivity index (χ2v) is 8.59. The number of aliphatic imine (C=N–C) groups is 1. The summed E-state index contributed by atoms with van der Waals surface area (Å²) in [6, 6.07) is 21.2. The number of hydrogen-bond donors (Lipinski definition) is 1. The Kier molecular flexibility index (Phi) is 6.44. The fourth-order valence-corrected chi connectivity index (χ4v) is 4.06. The summed E-state index contributed by atoms with van der Waals surface area (Å²) in [6.07, 6.45) is 1.85. The molecule has 1 amide bonds. The molecule has 1 saturated heterocycles. The lowest BCUT2D eigenvalue weighted by molar-refractivity contribution is -0.115. The van der Waals surface area contributed by atoms with Crippen molar-refractivity contribution in [1.82, 2.24) is 5.32 Å². The van der Waals surface area contributed by atoms with E-state index in [0.29, 0.717) is 21.7 Å². The highest BCUT2D eigenvalue weighted by molar-refractivity contribution is 8.18. The van der Waals surface area contributed by atoms with E-state index >= 15 is 0 Å². The molecule has 1 fully saturated rings. The molecular weight excluding hydrogens is 428 g/mol. The number of amides is 1. The van der Waals surface area contributed by atoms with Crippen LogP contribution in [-0.4, -0.2) is 11.1 Å². The number of nitrogens with zero attached hydrogens (tertiary/aromatic N) is 1. The van der Waals surface area contributed by atoms with E-state index < -0.39 is 0 Å². The molecule has 0 bridgehead atoms. The van der Waals surface area contributed by atoms with Crippen molar-refractivity contribution in [2.75, 3.05) is 0 Å². The Hall–Kier alpha value is -3.02. The molecular formula is C25H21ClN2O2S. The van der Waals surface area contributed by atoms with Gasteiger partial charge in [0.25, 0.3) is 5.91 Å².